The fourth-order valence-electron chi connectivity index (χ4n) is 1.10. The Morgan fingerprint density at radius 2 is 2.50 bits per heavy atom. The highest BCUT2D eigenvalue weighted by molar-refractivity contribution is 4.76. The zero-order valence-corrected chi connectivity index (χ0v) is 5.01. The summed E-state index contributed by atoms with van der Waals surface area (Å²) in [5.41, 5.74) is 0. The molecule has 0 spiro atoms. The molecule has 2 nitrogen and oxygen atoms in total. The van der Waals surface area contributed by atoms with Crippen molar-refractivity contribution >= 4 is 0 Å². The van der Waals surface area contributed by atoms with Crippen LogP contribution in [0.5, 0.6) is 0 Å². The van der Waals surface area contributed by atoms with Crippen molar-refractivity contribution in [3.63, 3.8) is 0 Å². The molecule has 1 saturated heterocycles. The van der Waals surface area contributed by atoms with E-state index in [1.54, 1.807) is 0 Å². The Morgan fingerprint density at radius 3 is 2.75 bits per heavy atom. The molecular weight excluding hydrogens is 102 g/mol. The van der Waals surface area contributed by atoms with Crippen LogP contribution in [0.4, 0.5) is 0 Å². The van der Waals surface area contributed by atoms with Crippen molar-refractivity contribution in [1.82, 2.24) is 4.90 Å². The van der Waals surface area contributed by atoms with Gasteiger partial charge in [-0.1, -0.05) is 0 Å². The minimum absolute atomic E-state index is 0.267. The van der Waals surface area contributed by atoms with Gasteiger partial charge in [0.2, 0.25) is 0 Å². The third-order valence-corrected chi connectivity index (χ3v) is 1.71. The molecule has 1 unspecified atom stereocenters. The molecule has 1 atom stereocenters. The van der Waals surface area contributed by atoms with E-state index in [9.17, 15) is 0 Å². The zero-order valence-electron chi connectivity index (χ0n) is 5.01. The van der Waals surface area contributed by atoms with Gasteiger partial charge >= 0.3 is 0 Å². The van der Waals surface area contributed by atoms with E-state index in [2.05, 4.69) is 7.05 Å². The third kappa shape index (κ3) is 1.01. The normalized spacial score (nSPS) is 31.5. The monoisotopic (exact) mass is 114 g/mol. The molecule has 2 heteroatoms. The molecule has 0 aromatic heterocycles. The van der Waals surface area contributed by atoms with Crippen LogP contribution in [-0.4, -0.2) is 29.2 Å². The molecule has 0 amide bonds. The fourth-order valence-corrected chi connectivity index (χ4v) is 1.10. The molecule has 8 heavy (non-hydrogen) atoms. The topological polar surface area (TPSA) is 23.5 Å². The van der Waals surface area contributed by atoms with E-state index >= 15 is 0 Å². The number of rotatable bonds is 1. The van der Waals surface area contributed by atoms with Crippen molar-refractivity contribution in [3.05, 3.63) is 7.05 Å². The molecular formula is C6H12NO. The fraction of sp³-hybridized carbons (Fsp3) is 0.833. The number of likely N-dealkylation sites (tertiary alicyclic amines) is 1. The van der Waals surface area contributed by atoms with Crippen LogP contribution in [0.1, 0.15) is 12.8 Å². The van der Waals surface area contributed by atoms with Gasteiger partial charge in [0.1, 0.15) is 0 Å². The minimum atomic E-state index is 0.267. The van der Waals surface area contributed by atoms with Crippen LogP contribution in [0.3, 0.4) is 0 Å². The Kier molecular flexibility index (Phi) is 1.86. The summed E-state index contributed by atoms with van der Waals surface area (Å²) in [5, 5.41) is 8.65. The molecule has 1 heterocycles. The molecule has 47 valence electrons. The number of aliphatic hydroxyl groups is 1. The van der Waals surface area contributed by atoms with Gasteiger partial charge in [0.25, 0.3) is 0 Å². The maximum atomic E-state index is 8.65. The second-order valence-electron chi connectivity index (χ2n) is 2.29. The molecule has 1 N–H and O–H groups in total. The molecule has 0 bridgehead atoms. The van der Waals surface area contributed by atoms with Crippen molar-refractivity contribution in [2.24, 2.45) is 0 Å². The van der Waals surface area contributed by atoms with Crippen molar-refractivity contribution in [2.75, 3.05) is 13.2 Å². The SMILES string of the molecule is [CH2]N1CCCC1CO. The van der Waals surface area contributed by atoms with Gasteiger partial charge in [-0.3, -0.25) is 4.90 Å². The largest absolute Gasteiger partial charge is 0.395 e. The summed E-state index contributed by atoms with van der Waals surface area (Å²) in [4.78, 5) is 1.96. The summed E-state index contributed by atoms with van der Waals surface area (Å²) in [6, 6.07) is 0.343. The minimum Gasteiger partial charge on any atom is -0.395 e. The summed E-state index contributed by atoms with van der Waals surface area (Å²) >= 11 is 0. The Bertz CT molecular complexity index is 74.9. The van der Waals surface area contributed by atoms with Gasteiger partial charge in [-0.15, -0.1) is 0 Å². The van der Waals surface area contributed by atoms with E-state index in [1.807, 2.05) is 4.90 Å². The van der Waals surface area contributed by atoms with Gasteiger partial charge in [0.05, 0.1) is 6.61 Å². The number of hydrogen-bond acceptors (Lipinski definition) is 2. The van der Waals surface area contributed by atoms with Crippen LogP contribution in [0, 0.1) is 7.05 Å². The summed E-state index contributed by atoms with van der Waals surface area (Å²) in [7, 11) is 3.76. The van der Waals surface area contributed by atoms with Gasteiger partial charge < -0.3 is 5.11 Å². The highest BCUT2D eigenvalue weighted by atomic mass is 16.3. The van der Waals surface area contributed by atoms with Gasteiger partial charge in [0.15, 0.2) is 0 Å². The van der Waals surface area contributed by atoms with Crippen LogP contribution in [0.2, 0.25) is 0 Å². The molecule has 0 saturated carbocycles. The number of aliphatic hydroxyl groups excluding tert-OH is 1. The molecule has 0 aliphatic carbocycles. The lowest BCUT2D eigenvalue weighted by Gasteiger charge is -2.14. The molecule has 0 aromatic carbocycles. The van der Waals surface area contributed by atoms with Gasteiger partial charge in [-0.2, -0.15) is 0 Å². The lowest BCUT2D eigenvalue weighted by Crippen LogP contribution is -2.25. The second kappa shape index (κ2) is 2.46. The maximum Gasteiger partial charge on any atom is 0.0586 e. The summed E-state index contributed by atoms with van der Waals surface area (Å²) in [6.45, 7) is 1.31. The molecule has 1 fully saturated rings. The third-order valence-electron chi connectivity index (χ3n) is 1.71. The quantitative estimate of drug-likeness (QED) is 0.527. The van der Waals surface area contributed by atoms with Crippen LogP contribution >= 0.6 is 0 Å². The van der Waals surface area contributed by atoms with Gasteiger partial charge in [-0.25, -0.2) is 0 Å². The van der Waals surface area contributed by atoms with Crippen molar-refractivity contribution < 1.29 is 5.11 Å². The smallest absolute Gasteiger partial charge is 0.0586 e. The standard InChI is InChI=1S/C6H12NO/c1-7-4-2-3-6(7)5-8/h6,8H,1-5H2. The predicted octanol–water partition coefficient (Wildman–Crippen LogP) is 0.235. The molecule has 0 aromatic rings. The van der Waals surface area contributed by atoms with Crippen LogP contribution < -0.4 is 0 Å². The molecule has 1 aliphatic rings. The van der Waals surface area contributed by atoms with Crippen molar-refractivity contribution in [2.45, 2.75) is 18.9 Å². The van der Waals surface area contributed by atoms with Gasteiger partial charge in [0, 0.05) is 13.1 Å². The number of nitrogens with zero attached hydrogens (tertiary/aromatic N) is 1. The van der Waals surface area contributed by atoms with E-state index < -0.39 is 0 Å². The summed E-state index contributed by atoms with van der Waals surface area (Å²) in [6.07, 6.45) is 2.30. The zero-order chi connectivity index (χ0) is 5.98. The Morgan fingerprint density at radius 1 is 1.75 bits per heavy atom. The highest BCUT2D eigenvalue weighted by Gasteiger charge is 2.18. The first-order chi connectivity index (χ1) is 3.84. The average molecular weight is 114 g/mol. The van der Waals surface area contributed by atoms with E-state index in [-0.39, 0.29) is 6.61 Å². The van der Waals surface area contributed by atoms with Crippen LogP contribution in [-0.2, 0) is 0 Å². The first-order valence-electron chi connectivity index (χ1n) is 3.02. The number of hydrogen-bond donors (Lipinski definition) is 1. The molecule has 1 rings (SSSR count). The van der Waals surface area contributed by atoms with Crippen LogP contribution in [0.15, 0.2) is 0 Å². The second-order valence-corrected chi connectivity index (χ2v) is 2.29. The van der Waals surface area contributed by atoms with Gasteiger partial charge in [-0.05, 0) is 19.4 Å². The van der Waals surface area contributed by atoms with Crippen LogP contribution in [0.25, 0.3) is 0 Å². The van der Waals surface area contributed by atoms with E-state index in [0.717, 1.165) is 13.0 Å². The van der Waals surface area contributed by atoms with E-state index in [4.69, 9.17) is 5.11 Å². The lowest BCUT2D eigenvalue weighted by molar-refractivity contribution is 0.194. The van der Waals surface area contributed by atoms with E-state index in [0.29, 0.717) is 6.04 Å². The predicted molar refractivity (Wildman–Crippen MR) is 32.2 cm³/mol. The Labute approximate surface area is 50.1 Å². The lowest BCUT2D eigenvalue weighted by atomic mass is 10.2. The average Bonchev–Trinajstić information content (AvgIpc) is 2.14. The first-order valence-corrected chi connectivity index (χ1v) is 3.02. The van der Waals surface area contributed by atoms with Crippen molar-refractivity contribution in [1.29, 1.82) is 0 Å². The maximum absolute atomic E-state index is 8.65. The highest BCUT2D eigenvalue weighted by Crippen LogP contribution is 2.13. The first kappa shape index (κ1) is 6.05. The molecule has 1 radical (unpaired) electrons. The van der Waals surface area contributed by atoms with Crippen molar-refractivity contribution in [3.8, 4) is 0 Å². The Hall–Kier alpha value is -0.0800. The summed E-state index contributed by atoms with van der Waals surface area (Å²) in [5.74, 6) is 0. The summed E-state index contributed by atoms with van der Waals surface area (Å²) < 4.78 is 0. The Balaban J connectivity index is 2.30. The van der Waals surface area contributed by atoms with E-state index in [1.165, 1.54) is 6.42 Å². The molecule has 1 aliphatic heterocycles.